The Balaban J connectivity index is 2.00. The number of hydrogen-bond donors (Lipinski definition) is 1. The van der Waals surface area contributed by atoms with E-state index in [4.69, 9.17) is 0 Å². The first-order valence-electron chi connectivity index (χ1n) is 6.57. The van der Waals surface area contributed by atoms with Gasteiger partial charge in [-0.2, -0.15) is 0 Å². The van der Waals surface area contributed by atoms with Gasteiger partial charge in [0.2, 0.25) is 0 Å². The molecule has 1 nitrogen and oxygen atoms in total. The molecular formula is C15H21N. The van der Waals surface area contributed by atoms with Crippen molar-refractivity contribution < 1.29 is 0 Å². The minimum Gasteiger partial charge on any atom is -0.308 e. The number of aryl methyl sites for hydroxylation is 1. The van der Waals surface area contributed by atoms with Gasteiger partial charge in [0.1, 0.15) is 0 Å². The molecule has 1 aromatic carbocycles. The lowest BCUT2D eigenvalue weighted by Gasteiger charge is -2.26. The van der Waals surface area contributed by atoms with Crippen molar-refractivity contribution in [1.29, 1.82) is 0 Å². The summed E-state index contributed by atoms with van der Waals surface area (Å²) in [6, 6.07) is 7.17. The molecule has 2 unspecified atom stereocenters. The van der Waals surface area contributed by atoms with Crippen LogP contribution in [0.5, 0.6) is 0 Å². The minimum atomic E-state index is 0.233. The Morgan fingerprint density at radius 3 is 3.00 bits per heavy atom. The van der Waals surface area contributed by atoms with Crippen LogP contribution in [-0.2, 0) is 12.0 Å². The number of nitrogens with one attached hydrogen (secondary N) is 1. The van der Waals surface area contributed by atoms with Crippen LogP contribution in [0.3, 0.4) is 0 Å². The molecule has 0 aromatic heterocycles. The van der Waals surface area contributed by atoms with E-state index in [1.165, 1.54) is 37.8 Å². The molecule has 0 spiro atoms. The van der Waals surface area contributed by atoms with Crippen molar-refractivity contribution in [3.8, 4) is 0 Å². The lowest BCUT2D eigenvalue weighted by molar-refractivity contribution is 0.434. The lowest BCUT2D eigenvalue weighted by atomic mass is 9.87. The van der Waals surface area contributed by atoms with E-state index in [0.717, 1.165) is 5.92 Å². The fraction of sp³-hybridized carbons (Fsp3) is 0.600. The van der Waals surface area contributed by atoms with Gasteiger partial charge in [-0.25, -0.2) is 0 Å². The molecular weight excluding hydrogens is 194 g/mol. The molecule has 1 saturated heterocycles. The summed E-state index contributed by atoms with van der Waals surface area (Å²) in [4.78, 5) is 0. The molecule has 0 saturated carbocycles. The summed E-state index contributed by atoms with van der Waals surface area (Å²) in [5.41, 5.74) is 4.92. The summed E-state index contributed by atoms with van der Waals surface area (Å²) in [6.45, 7) is 5.88. The maximum absolute atomic E-state index is 3.66. The molecule has 86 valence electrons. The molecule has 1 N–H and O–H groups in total. The average molecular weight is 215 g/mol. The zero-order valence-corrected chi connectivity index (χ0v) is 10.3. The van der Waals surface area contributed by atoms with Crippen molar-refractivity contribution >= 4 is 0 Å². The SMILES string of the molecule is CC1CCc2ccc(C3(C)CCCN3)cc21. The maximum Gasteiger partial charge on any atom is 0.0406 e. The summed E-state index contributed by atoms with van der Waals surface area (Å²) < 4.78 is 0. The van der Waals surface area contributed by atoms with Gasteiger partial charge in [-0.3, -0.25) is 0 Å². The highest BCUT2D eigenvalue weighted by atomic mass is 15.0. The van der Waals surface area contributed by atoms with Crippen LogP contribution >= 0.6 is 0 Å². The van der Waals surface area contributed by atoms with Gasteiger partial charge in [0.05, 0.1) is 0 Å². The van der Waals surface area contributed by atoms with Gasteiger partial charge >= 0.3 is 0 Å². The van der Waals surface area contributed by atoms with Gasteiger partial charge in [0.25, 0.3) is 0 Å². The second-order valence-corrected chi connectivity index (χ2v) is 5.72. The van der Waals surface area contributed by atoms with Crippen LogP contribution in [0.1, 0.15) is 55.7 Å². The summed E-state index contributed by atoms with van der Waals surface area (Å²) in [5.74, 6) is 0.764. The van der Waals surface area contributed by atoms with E-state index in [1.54, 1.807) is 11.1 Å². The summed E-state index contributed by atoms with van der Waals surface area (Å²) in [7, 11) is 0. The lowest BCUT2D eigenvalue weighted by Crippen LogP contribution is -2.33. The Hall–Kier alpha value is -0.820. The van der Waals surface area contributed by atoms with Crippen LogP contribution in [0.4, 0.5) is 0 Å². The van der Waals surface area contributed by atoms with Crippen molar-refractivity contribution in [2.24, 2.45) is 0 Å². The smallest absolute Gasteiger partial charge is 0.0406 e. The van der Waals surface area contributed by atoms with Gasteiger partial charge in [0, 0.05) is 5.54 Å². The quantitative estimate of drug-likeness (QED) is 0.757. The zero-order valence-electron chi connectivity index (χ0n) is 10.3. The molecule has 1 aliphatic heterocycles. The first kappa shape index (κ1) is 10.3. The highest BCUT2D eigenvalue weighted by Crippen LogP contribution is 2.37. The van der Waals surface area contributed by atoms with Crippen LogP contribution in [0.15, 0.2) is 18.2 Å². The first-order chi connectivity index (χ1) is 7.69. The fourth-order valence-electron chi connectivity index (χ4n) is 3.29. The predicted molar refractivity (Wildman–Crippen MR) is 67.8 cm³/mol. The molecule has 1 aliphatic carbocycles. The summed E-state index contributed by atoms with van der Waals surface area (Å²) in [6.07, 6.45) is 5.20. The molecule has 0 amide bonds. The van der Waals surface area contributed by atoms with Crippen LogP contribution in [0.2, 0.25) is 0 Å². The monoisotopic (exact) mass is 215 g/mol. The van der Waals surface area contributed by atoms with Gasteiger partial charge in [-0.05, 0) is 61.8 Å². The Kier molecular flexibility index (Phi) is 2.32. The van der Waals surface area contributed by atoms with E-state index in [0.29, 0.717) is 0 Å². The molecule has 1 heteroatoms. The van der Waals surface area contributed by atoms with Crippen molar-refractivity contribution in [3.05, 3.63) is 34.9 Å². The minimum absolute atomic E-state index is 0.233. The Bertz CT molecular complexity index is 402. The highest BCUT2D eigenvalue weighted by Gasteiger charge is 2.31. The van der Waals surface area contributed by atoms with Crippen LogP contribution in [-0.4, -0.2) is 6.54 Å². The Morgan fingerprint density at radius 1 is 1.38 bits per heavy atom. The zero-order chi connectivity index (χ0) is 11.2. The van der Waals surface area contributed by atoms with Crippen LogP contribution < -0.4 is 5.32 Å². The van der Waals surface area contributed by atoms with Crippen LogP contribution in [0.25, 0.3) is 0 Å². The molecule has 2 aliphatic rings. The van der Waals surface area contributed by atoms with E-state index in [-0.39, 0.29) is 5.54 Å². The number of rotatable bonds is 1. The predicted octanol–water partition coefficient (Wildman–Crippen LogP) is 3.33. The fourth-order valence-corrected chi connectivity index (χ4v) is 3.29. The molecule has 1 fully saturated rings. The number of benzene rings is 1. The largest absolute Gasteiger partial charge is 0.308 e. The van der Waals surface area contributed by atoms with E-state index >= 15 is 0 Å². The van der Waals surface area contributed by atoms with Gasteiger partial charge in [0.15, 0.2) is 0 Å². The summed E-state index contributed by atoms with van der Waals surface area (Å²) in [5, 5.41) is 3.66. The molecule has 0 radical (unpaired) electrons. The van der Waals surface area contributed by atoms with E-state index in [1.807, 2.05) is 0 Å². The van der Waals surface area contributed by atoms with Crippen molar-refractivity contribution in [2.45, 2.75) is 51.0 Å². The number of fused-ring (bicyclic) bond motifs is 1. The average Bonchev–Trinajstić information content (AvgIpc) is 2.87. The maximum atomic E-state index is 3.66. The third kappa shape index (κ3) is 1.49. The third-order valence-corrected chi connectivity index (χ3v) is 4.53. The molecule has 2 atom stereocenters. The molecule has 16 heavy (non-hydrogen) atoms. The van der Waals surface area contributed by atoms with Crippen molar-refractivity contribution in [1.82, 2.24) is 5.32 Å². The van der Waals surface area contributed by atoms with E-state index in [2.05, 4.69) is 37.4 Å². The molecule has 0 bridgehead atoms. The van der Waals surface area contributed by atoms with Gasteiger partial charge in [-0.1, -0.05) is 25.1 Å². The highest BCUT2D eigenvalue weighted by molar-refractivity contribution is 5.40. The van der Waals surface area contributed by atoms with Gasteiger partial charge in [-0.15, -0.1) is 0 Å². The number of hydrogen-bond acceptors (Lipinski definition) is 1. The standard InChI is InChI=1S/C15H21N/c1-11-4-5-12-6-7-13(10-14(11)12)15(2)8-3-9-16-15/h6-7,10-11,16H,3-5,8-9H2,1-2H3. The Morgan fingerprint density at radius 2 is 2.25 bits per heavy atom. The van der Waals surface area contributed by atoms with Crippen LogP contribution in [0, 0.1) is 0 Å². The molecule has 1 heterocycles. The summed E-state index contributed by atoms with van der Waals surface area (Å²) >= 11 is 0. The van der Waals surface area contributed by atoms with Crippen molar-refractivity contribution in [3.63, 3.8) is 0 Å². The first-order valence-corrected chi connectivity index (χ1v) is 6.57. The molecule has 3 rings (SSSR count). The second kappa shape index (κ2) is 3.59. The van der Waals surface area contributed by atoms with E-state index < -0.39 is 0 Å². The topological polar surface area (TPSA) is 12.0 Å². The normalized spacial score (nSPS) is 33.0. The third-order valence-electron chi connectivity index (χ3n) is 4.53. The van der Waals surface area contributed by atoms with E-state index in [9.17, 15) is 0 Å². The second-order valence-electron chi connectivity index (χ2n) is 5.72. The Labute approximate surface area is 98.3 Å². The molecule has 1 aromatic rings. The van der Waals surface area contributed by atoms with Gasteiger partial charge < -0.3 is 5.32 Å². The van der Waals surface area contributed by atoms with Crippen molar-refractivity contribution in [2.75, 3.05) is 6.54 Å².